The van der Waals surface area contributed by atoms with E-state index in [-0.39, 0.29) is 17.0 Å². The number of fused-ring (bicyclic) bond motifs is 2. The van der Waals surface area contributed by atoms with Gasteiger partial charge in [-0.25, -0.2) is 8.42 Å². The van der Waals surface area contributed by atoms with Crippen molar-refractivity contribution in [2.24, 2.45) is 16.7 Å². The Morgan fingerprint density at radius 1 is 1.38 bits per heavy atom. The summed E-state index contributed by atoms with van der Waals surface area (Å²) in [6.07, 6.45) is 2.16. The molecule has 1 aromatic heterocycles. The molecule has 0 saturated heterocycles. The first kappa shape index (κ1) is 14.8. The molecule has 2 bridgehead atoms. The van der Waals surface area contributed by atoms with Gasteiger partial charge in [-0.05, 0) is 44.1 Å². The molecule has 2 atom stereocenters. The molecule has 6 heteroatoms. The fourth-order valence-electron chi connectivity index (χ4n) is 4.37. The van der Waals surface area contributed by atoms with E-state index in [4.69, 9.17) is 0 Å². The molecule has 3 rings (SSSR count). The number of aromatic nitrogens is 2. The van der Waals surface area contributed by atoms with Gasteiger partial charge >= 0.3 is 0 Å². The van der Waals surface area contributed by atoms with Gasteiger partial charge in [0, 0.05) is 6.42 Å². The van der Waals surface area contributed by atoms with Crippen molar-refractivity contribution in [1.82, 2.24) is 9.19 Å². The van der Waals surface area contributed by atoms with E-state index in [1.807, 2.05) is 13.8 Å². The van der Waals surface area contributed by atoms with E-state index < -0.39 is 15.4 Å². The minimum Gasteiger partial charge on any atom is -0.299 e. The standard InChI is InChI=1S/C15H22N2O3S/c1-10-7-11(2)17(16-10)21(19,20)9-15-6-5-12(8-13(15)18)14(15,3)4/h7,12H,5-6,8-9H2,1-4H3/t12-,15-/m0/s1. The first-order valence-corrected chi connectivity index (χ1v) is 9.01. The lowest BCUT2D eigenvalue weighted by molar-refractivity contribution is -0.128. The Morgan fingerprint density at radius 2 is 2.05 bits per heavy atom. The zero-order valence-corrected chi connectivity index (χ0v) is 13.8. The topological polar surface area (TPSA) is 69.0 Å². The molecule has 5 nitrogen and oxygen atoms in total. The number of ketones is 1. The summed E-state index contributed by atoms with van der Waals surface area (Å²) in [7, 11) is -3.62. The summed E-state index contributed by atoms with van der Waals surface area (Å²) in [5.41, 5.74) is 0.298. The smallest absolute Gasteiger partial charge is 0.255 e. The normalized spacial score (nSPS) is 31.0. The molecule has 0 aliphatic heterocycles. The Morgan fingerprint density at radius 3 is 2.48 bits per heavy atom. The van der Waals surface area contributed by atoms with Gasteiger partial charge in [0.15, 0.2) is 0 Å². The van der Waals surface area contributed by atoms with Crippen LogP contribution in [0.3, 0.4) is 0 Å². The fourth-order valence-corrected chi connectivity index (χ4v) is 6.54. The van der Waals surface area contributed by atoms with Crippen LogP contribution in [0.2, 0.25) is 0 Å². The fraction of sp³-hybridized carbons (Fsp3) is 0.733. The van der Waals surface area contributed by atoms with E-state index in [1.54, 1.807) is 19.9 Å². The van der Waals surface area contributed by atoms with Crippen molar-refractivity contribution in [3.63, 3.8) is 0 Å². The first-order valence-electron chi connectivity index (χ1n) is 7.40. The van der Waals surface area contributed by atoms with Crippen LogP contribution in [0.15, 0.2) is 6.07 Å². The van der Waals surface area contributed by atoms with Gasteiger partial charge in [0.05, 0.1) is 22.6 Å². The van der Waals surface area contributed by atoms with Crippen LogP contribution < -0.4 is 0 Å². The van der Waals surface area contributed by atoms with E-state index >= 15 is 0 Å². The van der Waals surface area contributed by atoms with E-state index in [9.17, 15) is 13.2 Å². The van der Waals surface area contributed by atoms with Crippen LogP contribution in [-0.4, -0.2) is 29.1 Å². The van der Waals surface area contributed by atoms with E-state index in [0.29, 0.717) is 30.1 Å². The molecule has 1 heterocycles. The highest BCUT2D eigenvalue weighted by Gasteiger charge is 2.65. The lowest BCUT2D eigenvalue weighted by Gasteiger charge is -2.36. The summed E-state index contributed by atoms with van der Waals surface area (Å²) < 4.78 is 26.7. The number of Topliss-reactive ketones (excluding diaryl/α,β-unsaturated/α-hetero) is 1. The van der Waals surface area contributed by atoms with Crippen molar-refractivity contribution in [1.29, 1.82) is 0 Å². The molecule has 21 heavy (non-hydrogen) atoms. The number of hydrogen-bond donors (Lipinski definition) is 0. The number of hydrogen-bond acceptors (Lipinski definition) is 4. The number of aryl methyl sites for hydroxylation is 2. The van der Waals surface area contributed by atoms with Crippen LogP contribution >= 0.6 is 0 Å². The molecule has 2 saturated carbocycles. The maximum atomic E-state index is 12.8. The average molecular weight is 310 g/mol. The molecule has 0 aromatic carbocycles. The summed E-state index contributed by atoms with van der Waals surface area (Å²) in [5.74, 6) is 0.319. The summed E-state index contributed by atoms with van der Waals surface area (Å²) >= 11 is 0. The third-order valence-corrected chi connectivity index (χ3v) is 7.55. The molecular formula is C15H22N2O3S. The molecule has 0 spiro atoms. The Labute approximate surface area is 125 Å². The SMILES string of the molecule is Cc1cc(C)n(S(=O)(=O)C[C@@]23CC[C@@H](CC2=O)C3(C)C)n1. The molecule has 0 N–H and O–H groups in total. The summed E-state index contributed by atoms with van der Waals surface area (Å²) in [6.45, 7) is 7.60. The second kappa shape index (κ2) is 4.18. The summed E-state index contributed by atoms with van der Waals surface area (Å²) in [4.78, 5) is 12.5. The number of carbonyl (C=O) groups excluding carboxylic acids is 1. The molecule has 2 aliphatic carbocycles. The van der Waals surface area contributed by atoms with Gasteiger partial charge in [-0.1, -0.05) is 13.8 Å². The van der Waals surface area contributed by atoms with Crippen molar-refractivity contribution < 1.29 is 13.2 Å². The number of nitrogens with zero attached hydrogens (tertiary/aromatic N) is 2. The van der Waals surface area contributed by atoms with Crippen molar-refractivity contribution >= 4 is 15.8 Å². The molecule has 0 radical (unpaired) electrons. The minimum atomic E-state index is -3.62. The van der Waals surface area contributed by atoms with Crippen LogP contribution in [0.4, 0.5) is 0 Å². The van der Waals surface area contributed by atoms with Gasteiger partial charge in [-0.3, -0.25) is 4.79 Å². The van der Waals surface area contributed by atoms with Gasteiger partial charge in [-0.2, -0.15) is 9.19 Å². The minimum absolute atomic E-state index is 0.119. The predicted molar refractivity (Wildman–Crippen MR) is 79.4 cm³/mol. The second-order valence-electron chi connectivity index (χ2n) is 7.19. The molecule has 0 unspecified atom stereocenters. The van der Waals surface area contributed by atoms with E-state index in [2.05, 4.69) is 5.10 Å². The zero-order chi connectivity index (χ0) is 15.6. The third kappa shape index (κ3) is 1.84. The molecule has 0 amide bonds. The van der Waals surface area contributed by atoms with Crippen LogP contribution in [0, 0.1) is 30.6 Å². The first-order chi connectivity index (χ1) is 9.60. The molecule has 1 aromatic rings. The number of rotatable bonds is 3. The van der Waals surface area contributed by atoms with Crippen molar-refractivity contribution in [2.75, 3.05) is 5.75 Å². The largest absolute Gasteiger partial charge is 0.299 e. The molecular weight excluding hydrogens is 288 g/mol. The highest BCUT2D eigenvalue weighted by Crippen LogP contribution is 2.64. The van der Waals surface area contributed by atoms with Gasteiger partial charge in [0.25, 0.3) is 10.0 Å². The van der Waals surface area contributed by atoms with Crippen molar-refractivity contribution in [3.8, 4) is 0 Å². The Hall–Kier alpha value is -1.17. The zero-order valence-electron chi connectivity index (χ0n) is 13.0. The summed E-state index contributed by atoms with van der Waals surface area (Å²) in [5, 5.41) is 4.09. The Kier molecular flexibility index (Phi) is 2.94. The Balaban J connectivity index is 2.03. The van der Waals surface area contributed by atoms with Gasteiger partial charge in [0.1, 0.15) is 5.78 Å². The van der Waals surface area contributed by atoms with E-state index in [1.165, 1.54) is 0 Å². The van der Waals surface area contributed by atoms with E-state index in [0.717, 1.165) is 10.5 Å². The van der Waals surface area contributed by atoms with Crippen LogP contribution in [-0.2, 0) is 14.8 Å². The van der Waals surface area contributed by atoms with Crippen molar-refractivity contribution in [2.45, 2.75) is 47.0 Å². The maximum Gasteiger partial charge on any atom is 0.255 e. The lowest BCUT2D eigenvalue weighted by Crippen LogP contribution is -2.43. The molecule has 116 valence electrons. The highest BCUT2D eigenvalue weighted by atomic mass is 32.2. The monoisotopic (exact) mass is 310 g/mol. The lowest BCUT2D eigenvalue weighted by atomic mass is 9.70. The van der Waals surface area contributed by atoms with Crippen LogP contribution in [0.5, 0.6) is 0 Å². The van der Waals surface area contributed by atoms with Crippen molar-refractivity contribution in [3.05, 3.63) is 17.5 Å². The van der Waals surface area contributed by atoms with Crippen LogP contribution in [0.1, 0.15) is 44.5 Å². The molecule has 2 aliphatic rings. The van der Waals surface area contributed by atoms with Gasteiger partial charge in [0.2, 0.25) is 0 Å². The van der Waals surface area contributed by atoms with Gasteiger partial charge in [-0.15, -0.1) is 0 Å². The second-order valence-corrected chi connectivity index (χ2v) is 8.99. The average Bonchev–Trinajstić information content (AvgIpc) is 2.87. The van der Waals surface area contributed by atoms with Crippen LogP contribution in [0.25, 0.3) is 0 Å². The van der Waals surface area contributed by atoms with Gasteiger partial charge < -0.3 is 0 Å². The predicted octanol–water partition coefficient (Wildman–Crippen LogP) is 2.07. The number of carbonyl (C=O) groups is 1. The third-order valence-electron chi connectivity index (χ3n) is 5.80. The Bertz CT molecular complexity index is 717. The highest BCUT2D eigenvalue weighted by molar-refractivity contribution is 7.89. The molecule has 2 fully saturated rings. The quantitative estimate of drug-likeness (QED) is 0.857. The maximum absolute atomic E-state index is 12.8. The summed E-state index contributed by atoms with van der Waals surface area (Å²) in [6, 6.07) is 1.74.